The summed E-state index contributed by atoms with van der Waals surface area (Å²) >= 11 is 0. The smallest absolute Gasteiger partial charge is 0.308 e. The predicted octanol–water partition coefficient (Wildman–Crippen LogP) is 12.5. The molecule has 2 atom stereocenters. The highest BCUT2D eigenvalue weighted by molar-refractivity contribution is 5.72. The van der Waals surface area contributed by atoms with E-state index in [0.717, 1.165) is 129 Å². The largest absolute Gasteiger partial charge is 0.465 e. The quantitative estimate of drug-likeness (QED) is 0.0462. The zero-order valence-corrected chi connectivity index (χ0v) is 39.3. The Morgan fingerprint density at radius 2 is 0.638 bits per heavy atom. The van der Waals surface area contributed by atoms with Crippen LogP contribution in [0, 0.1) is 11.8 Å². The number of aliphatic hydroxyl groups excluding tert-OH is 2. The first-order chi connectivity index (χ1) is 28.5. The minimum absolute atomic E-state index is 0.0305. The molecule has 0 radical (unpaired) electrons. The van der Waals surface area contributed by atoms with Crippen molar-refractivity contribution in [3.05, 3.63) is 0 Å². The Morgan fingerprint density at radius 1 is 0.362 bits per heavy atom. The summed E-state index contributed by atoms with van der Waals surface area (Å²) in [6, 6.07) is 0. The van der Waals surface area contributed by atoms with Crippen LogP contribution in [0.5, 0.6) is 0 Å². The summed E-state index contributed by atoms with van der Waals surface area (Å²) in [4.78, 5) is 30.6. The molecule has 0 saturated carbocycles. The minimum atomic E-state index is 0.0305. The summed E-state index contributed by atoms with van der Waals surface area (Å²) in [7, 11) is 0. The molecule has 0 rings (SSSR count). The lowest BCUT2D eigenvalue weighted by Crippen LogP contribution is -2.38. The van der Waals surface area contributed by atoms with Gasteiger partial charge in [0.2, 0.25) is 0 Å². The molecule has 8 heteroatoms. The summed E-state index contributed by atoms with van der Waals surface area (Å²) in [5.41, 5.74) is 0. The van der Waals surface area contributed by atoms with E-state index in [1.165, 1.54) is 103 Å². The lowest BCUT2D eigenvalue weighted by Gasteiger charge is -2.27. The molecule has 0 aromatic heterocycles. The fourth-order valence-electron chi connectivity index (χ4n) is 8.14. The van der Waals surface area contributed by atoms with Gasteiger partial charge in [0, 0.05) is 26.2 Å². The minimum Gasteiger partial charge on any atom is -0.465 e. The summed E-state index contributed by atoms with van der Waals surface area (Å²) < 4.78 is 11.6. The van der Waals surface area contributed by atoms with Crippen LogP contribution in [-0.2, 0) is 19.1 Å². The highest BCUT2D eigenvalue weighted by atomic mass is 16.5. The maximum atomic E-state index is 13.0. The fourth-order valence-corrected chi connectivity index (χ4v) is 8.14. The molecule has 0 aliphatic rings. The molecule has 58 heavy (non-hydrogen) atoms. The van der Waals surface area contributed by atoms with Gasteiger partial charge in [0.15, 0.2) is 0 Å². The van der Waals surface area contributed by atoms with Crippen molar-refractivity contribution in [1.82, 2.24) is 9.80 Å². The van der Waals surface area contributed by atoms with Crippen LogP contribution in [0.15, 0.2) is 0 Å². The van der Waals surface area contributed by atoms with Gasteiger partial charge >= 0.3 is 11.9 Å². The van der Waals surface area contributed by atoms with Crippen LogP contribution in [0.1, 0.15) is 233 Å². The average molecular weight is 825 g/mol. The number of hydrogen-bond donors (Lipinski definition) is 2. The Labute approximate surface area is 360 Å². The third-order valence-corrected chi connectivity index (χ3v) is 12.1. The highest BCUT2D eigenvalue weighted by Crippen LogP contribution is 2.22. The fraction of sp³-hybridized carbons (Fsp3) is 0.960. The number of nitrogens with zero attached hydrogens (tertiary/aromatic N) is 2. The van der Waals surface area contributed by atoms with Crippen molar-refractivity contribution in [1.29, 1.82) is 0 Å². The monoisotopic (exact) mass is 825 g/mol. The van der Waals surface area contributed by atoms with Crippen LogP contribution in [-0.4, -0.2) is 97.6 Å². The molecular weight excluding hydrogens is 725 g/mol. The molecule has 0 aromatic rings. The van der Waals surface area contributed by atoms with E-state index in [2.05, 4.69) is 37.5 Å². The van der Waals surface area contributed by atoms with Gasteiger partial charge in [0.05, 0.1) is 38.3 Å². The molecule has 0 aromatic carbocycles. The Kier molecular flexibility index (Phi) is 44.4. The Balaban J connectivity index is 4.39. The molecule has 2 unspecified atom stereocenters. The summed E-state index contributed by atoms with van der Waals surface area (Å²) in [5.74, 6) is 0.198. The lowest BCUT2D eigenvalue weighted by atomic mass is 9.94. The van der Waals surface area contributed by atoms with E-state index in [0.29, 0.717) is 26.3 Å². The zero-order chi connectivity index (χ0) is 42.6. The number of rotatable bonds is 47. The van der Waals surface area contributed by atoms with Crippen LogP contribution < -0.4 is 0 Å². The molecule has 0 aliphatic heterocycles. The van der Waals surface area contributed by atoms with Crippen LogP contribution in [0.3, 0.4) is 0 Å². The number of ether oxygens (including phenoxy) is 2. The number of aliphatic hydroxyl groups is 2. The topological polar surface area (TPSA) is 99.5 Å². The molecule has 346 valence electrons. The van der Waals surface area contributed by atoms with Crippen molar-refractivity contribution >= 4 is 11.9 Å². The third kappa shape index (κ3) is 36.6. The van der Waals surface area contributed by atoms with E-state index < -0.39 is 0 Å². The van der Waals surface area contributed by atoms with Crippen molar-refractivity contribution in [2.75, 3.05) is 65.7 Å². The van der Waals surface area contributed by atoms with Gasteiger partial charge in [-0.05, 0) is 64.5 Å². The van der Waals surface area contributed by atoms with Gasteiger partial charge in [-0.2, -0.15) is 0 Å². The standard InChI is InChI=1S/C50H100N2O6/c1-5-9-13-17-19-27-35-47(33-25-15-11-7-3)49(55)57-45-31-23-21-29-37-51(41-43-53)39-40-52(42-44-54)38-30-22-24-32-46-58-50(56)48(34-26-16-12-8-4)36-28-20-18-14-10-6-2/h47-48,53-54H,5-46H2,1-4H3. The first-order valence-corrected chi connectivity index (χ1v) is 25.5. The van der Waals surface area contributed by atoms with Gasteiger partial charge in [-0.3, -0.25) is 19.4 Å². The van der Waals surface area contributed by atoms with E-state index in [1.54, 1.807) is 0 Å². The number of carbonyl (C=O) groups is 2. The van der Waals surface area contributed by atoms with E-state index in [-0.39, 0.29) is 37.0 Å². The normalized spacial score (nSPS) is 12.8. The van der Waals surface area contributed by atoms with Gasteiger partial charge in [-0.1, -0.05) is 182 Å². The van der Waals surface area contributed by atoms with Crippen molar-refractivity contribution in [3.8, 4) is 0 Å². The summed E-state index contributed by atoms with van der Waals surface area (Å²) in [5, 5.41) is 19.4. The zero-order valence-electron chi connectivity index (χ0n) is 39.3. The molecule has 0 heterocycles. The Bertz CT molecular complexity index is 792. The molecule has 8 nitrogen and oxygen atoms in total. The van der Waals surface area contributed by atoms with Crippen molar-refractivity contribution in [2.24, 2.45) is 11.8 Å². The molecule has 0 fully saturated rings. The SMILES string of the molecule is CCCCCCCCC(CCCCCC)C(=O)OCCCCCCN(CCO)CCN(CCO)CCCCCCOC(=O)C(CCCCCC)CCCCCCCC. The molecule has 0 saturated heterocycles. The molecule has 2 N–H and O–H groups in total. The second-order valence-electron chi connectivity index (χ2n) is 17.5. The molecule has 0 amide bonds. The summed E-state index contributed by atoms with van der Waals surface area (Å²) in [6.45, 7) is 15.3. The van der Waals surface area contributed by atoms with Crippen LogP contribution in [0.4, 0.5) is 0 Å². The molecular formula is C50H100N2O6. The van der Waals surface area contributed by atoms with Gasteiger partial charge in [0.25, 0.3) is 0 Å². The van der Waals surface area contributed by atoms with Crippen LogP contribution in [0.2, 0.25) is 0 Å². The number of unbranched alkanes of at least 4 members (excludes halogenated alkanes) is 22. The first kappa shape index (κ1) is 56.8. The Morgan fingerprint density at radius 3 is 0.966 bits per heavy atom. The molecule has 0 aliphatic carbocycles. The number of carbonyl (C=O) groups excluding carboxylic acids is 2. The highest BCUT2D eigenvalue weighted by Gasteiger charge is 2.20. The van der Waals surface area contributed by atoms with Crippen LogP contribution in [0.25, 0.3) is 0 Å². The molecule has 0 bridgehead atoms. The maximum absolute atomic E-state index is 13.0. The average Bonchev–Trinajstić information content (AvgIpc) is 3.22. The lowest BCUT2D eigenvalue weighted by molar-refractivity contribution is -0.150. The van der Waals surface area contributed by atoms with E-state index in [1.807, 2.05) is 0 Å². The van der Waals surface area contributed by atoms with Crippen molar-refractivity contribution in [2.45, 2.75) is 233 Å². The number of hydrogen-bond acceptors (Lipinski definition) is 8. The van der Waals surface area contributed by atoms with Crippen molar-refractivity contribution < 1.29 is 29.3 Å². The third-order valence-electron chi connectivity index (χ3n) is 12.1. The van der Waals surface area contributed by atoms with Gasteiger partial charge in [-0.15, -0.1) is 0 Å². The Hall–Kier alpha value is -1.22. The van der Waals surface area contributed by atoms with Gasteiger partial charge < -0.3 is 19.7 Å². The molecule has 0 spiro atoms. The van der Waals surface area contributed by atoms with Crippen LogP contribution >= 0.6 is 0 Å². The van der Waals surface area contributed by atoms with E-state index in [4.69, 9.17) is 9.47 Å². The maximum Gasteiger partial charge on any atom is 0.308 e. The van der Waals surface area contributed by atoms with Crippen molar-refractivity contribution in [3.63, 3.8) is 0 Å². The predicted molar refractivity (Wildman–Crippen MR) is 246 cm³/mol. The van der Waals surface area contributed by atoms with E-state index in [9.17, 15) is 19.8 Å². The number of esters is 2. The second-order valence-corrected chi connectivity index (χ2v) is 17.5. The summed E-state index contributed by atoms with van der Waals surface area (Å²) in [6.07, 6.45) is 36.8. The second kappa shape index (κ2) is 45.3. The first-order valence-electron chi connectivity index (χ1n) is 25.5. The van der Waals surface area contributed by atoms with E-state index >= 15 is 0 Å². The van der Waals surface area contributed by atoms with Gasteiger partial charge in [0.1, 0.15) is 0 Å². The van der Waals surface area contributed by atoms with Gasteiger partial charge in [-0.25, -0.2) is 0 Å².